The highest BCUT2D eigenvalue weighted by Crippen LogP contribution is 2.44. The lowest BCUT2D eigenvalue weighted by Crippen LogP contribution is -2.40. The molecule has 0 bridgehead atoms. The number of fused-ring (bicyclic) bond motifs is 3. The fraction of sp³-hybridized carbons (Fsp3) is 0.464. The van der Waals surface area contributed by atoms with Gasteiger partial charge in [-0.25, -0.2) is 4.79 Å². The van der Waals surface area contributed by atoms with Gasteiger partial charge in [-0.2, -0.15) is 0 Å². The number of hydrogen-bond acceptors (Lipinski definition) is 4. The van der Waals surface area contributed by atoms with Crippen LogP contribution in [0, 0.1) is 11.3 Å². The summed E-state index contributed by atoms with van der Waals surface area (Å²) < 4.78 is 5.55. The van der Waals surface area contributed by atoms with Gasteiger partial charge in [-0.1, -0.05) is 69.3 Å². The second-order valence-electron chi connectivity index (χ2n) is 9.97. The van der Waals surface area contributed by atoms with Crippen LogP contribution < -0.4 is 10.6 Å². The summed E-state index contributed by atoms with van der Waals surface area (Å²) >= 11 is 0. The van der Waals surface area contributed by atoms with Crippen molar-refractivity contribution < 1.29 is 24.2 Å². The first kappa shape index (κ1) is 26.3. The number of rotatable bonds is 12. The Morgan fingerprint density at radius 2 is 1.54 bits per heavy atom. The van der Waals surface area contributed by atoms with E-state index in [1.54, 1.807) is 0 Å². The molecule has 3 rings (SSSR count). The van der Waals surface area contributed by atoms with Crippen molar-refractivity contribution in [3.63, 3.8) is 0 Å². The third-order valence-electron chi connectivity index (χ3n) is 6.75. The first-order valence-corrected chi connectivity index (χ1v) is 12.3. The summed E-state index contributed by atoms with van der Waals surface area (Å²) in [6.07, 6.45) is 1.45. The van der Waals surface area contributed by atoms with Crippen LogP contribution in [0.1, 0.15) is 63.5 Å². The molecular weight excluding hydrogens is 444 g/mol. The zero-order valence-electron chi connectivity index (χ0n) is 20.8. The summed E-state index contributed by atoms with van der Waals surface area (Å²) in [6, 6.07) is 16.4. The maximum Gasteiger partial charge on any atom is 0.407 e. The lowest BCUT2D eigenvalue weighted by Gasteiger charge is -2.24. The molecule has 2 amide bonds. The molecule has 2 aromatic rings. The average Bonchev–Trinajstić information content (AvgIpc) is 3.15. The molecule has 0 fully saturated rings. The van der Waals surface area contributed by atoms with Gasteiger partial charge in [-0.3, -0.25) is 9.59 Å². The van der Waals surface area contributed by atoms with E-state index in [1.807, 2.05) is 45.0 Å². The molecule has 0 aliphatic heterocycles. The van der Waals surface area contributed by atoms with Crippen molar-refractivity contribution in [2.24, 2.45) is 11.3 Å². The first-order chi connectivity index (χ1) is 16.7. The fourth-order valence-corrected chi connectivity index (χ4v) is 4.43. The predicted octanol–water partition coefficient (Wildman–Crippen LogP) is 4.95. The summed E-state index contributed by atoms with van der Waals surface area (Å²) in [7, 11) is 0. The van der Waals surface area contributed by atoms with E-state index in [4.69, 9.17) is 9.84 Å². The Labute approximate surface area is 207 Å². The van der Waals surface area contributed by atoms with Crippen molar-refractivity contribution in [3.05, 3.63) is 59.7 Å². The Hall–Kier alpha value is -3.35. The van der Waals surface area contributed by atoms with Gasteiger partial charge in [0.05, 0.1) is 0 Å². The maximum absolute atomic E-state index is 12.6. The molecule has 0 aromatic heterocycles. The van der Waals surface area contributed by atoms with Crippen LogP contribution in [0.2, 0.25) is 0 Å². The first-order valence-electron chi connectivity index (χ1n) is 12.3. The summed E-state index contributed by atoms with van der Waals surface area (Å²) in [4.78, 5) is 35.6. The standard InChI is InChI=1S/C28H36N2O5/c1-19(12-13-25(31)32)14-16-29-26(33)28(2,3)15-17-30-27(34)35-18-24-22-10-6-4-8-20(22)21-9-5-7-11-23(21)24/h4-11,19,24H,12-18H2,1-3H3,(H,29,33)(H,30,34)(H,31,32). The maximum atomic E-state index is 12.6. The van der Waals surface area contributed by atoms with Gasteiger partial charge < -0.3 is 20.5 Å². The second kappa shape index (κ2) is 11.9. The van der Waals surface area contributed by atoms with Gasteiger partial charge in [0.1, 0.15) is 6.61 Å². The number of amides is 2. The molecule has 7 heteroatoms. The number of carboxylic acids is 1. The molecule has 35 heavy (non-hydrogen) atoms. The van der Waals surface area contributed by atoms with E-state index in [0.717, 1.165) is 17.5 Å². The molecule has 1 aliphatic rings. The molecule has 1 aliphatic carbocycles. The van der Waals surface area contributed by atoms with Gasteiger partial charge in [0.25, 0.3) is 0 Å². The Balaban J connectivity index is 1.40. The monoisotopic (exact) mass is 480 g/mol. The van der Waals surface area contributed by atoms with Gasteiger partial charge in [0.15, 0.2) is 0 Å². The summed E-state index contributed by atoms with van der Waals surface area (Å²) in [5, 5.41) is 14.5. The highest BCUT2D eigenvalue weighted by Gasteiger charge is 2.30. The highest BCUT2D eigenvalue weighted by atomic mass is 16.5. The number of alkyl carbamates (subject to hydrolysis) is 1. The highest BCUT2D eigenvalue weighted by molar-refractivity contribution is 5.82. The van der Waals surface area contributed by atoms with Crippen molar-refractivity contribution in [1.29, 1.82) is 0 Å². The molecule has 188 valence electrons. The molecule has 0 saturated carbocycles. The molecule has 0 spiro atoms. The van der Waals surface area contributed by atoms with E-state index in [9.17, 15) is 14.4 Å². The predicted molar refractivity (Wildman–Crippen MR) is 135 cm³/mol. The summed E-state index contributed by atoms with van der Waals surface area (Å²) in [5.74, 6) is -0.652. The van der Waals surface area contributed by atoms with Crippen LogP contribution in [-0.2, 0) is 14.3 Å². The second-order valence-corrected chi connectivity index (χ2v) is 9.97. The Morgan fingerprint density at radius 1 is 0.943 bits per heavy atom. The van der Waals surface area contributed by atoms with Crippen molar-refractivity contribution >= 4 is 18.0 Å². The van der Waals surface area contributed by atoms with E-state index in [1.165, 1.54) is 11.1 Å². The zero-order chi connectivity index (χ0) is 25.4. The Bertz CT molecular complexity index is 1000. The van der Waals surface area contributed by atoms with Crippen molar-refractivity contribution in [2.75, 3.05) is 19.7 Å². The number of benzene rings is 2. The third-order valence-corrected chi connectivity index (χ3v) is 6.75. The van der Waals surface area contributed by atoms with Gasteiger partial charge in [-0.05, 0) is 47.4 Å². The molecule has 0 saturated heterocycles. The quantitative estimate of drug-likeness (QED) is 0.399. The minimum Gasteiger partial charge on any atom is -0.481 e. The minimum absolute atomic E-state index is 0.00765. The lowest BCUT2D eigenvalue weighted by molar-refractivity contribution is -0.137. The van der Waals surface area contributed by atoms with Gasteiger partial charge >= 0.3 is 12.1 Å². The molecule has 3 N–H and O–H groups in total. The number of nitrogens with one attached hydrogen (secondary N) is 2. The molecule has 0 radical (unpaired) electrons. The van der Waals surface area contributed by atoms with Crippen LogP contribution in [0.25, 0.3) is 11.1 Å². The van der Waals surface area contributed by atoms with E-state index < -0.39 is 17.5 Å². The van der Waals surface area contributed by atoms with Crippen LogP contribution in [0.4, 0.5) is 4.79 Å². The molecule has 7 nitrogen and oxygen atoms in total. The third kappa shape index (κ3) is 7.07. The number of carboxylic acid groups (broad SMARTS) is 1. The molecule has 1 unspecified atom stereocenters. The lowest BCUT2D eigenvalue weighted by atomic mass is 9.88. The summed E-state index contributed by atoms with van der Waals surface area (Å²) in [6.45, 7) is 6.75. The van der Waals surface area contributed by atoms with Gasteiger partial charge in [-0.15, -0.1) is 0 Å². The molecular formula is C28H36N2O5. The number of ether oxygens (including phenoxy) is 1. The SMILES string of the molecule is CC(CCNC(=O)C(C)(C)CCNC(=O)OCC1c2ccccc2-c2ccccc21)CCC(=O)O. The zero-order valence-corrected chi connectivity index (χ0v) is 20.8. The number of carbonyl (C=O) groups is 3. The van der Waals surface area contributed by atoms with Crippen LogP contribution in [0.5, 0.6) is 0 Å². The fourth-order valence-electron chi connectivity index (χ4n) is 4.43. The summed E-state index contributed by atoms with van der Waals surface area (Å²) in [5.41, 5.74) is 4.04. The van der Waals surface area contributed by atoms with Crippen LogP contribution >= 0.6 is 0 Å². The van der Waals surface area contributed by atoms with Crippen molar-refractivity contribution in [1.82, 2.24) is 10.6 Å². The minimum atomic E-state index is -0.800. The Kier molecular flexibility index (Phi) is 8.90. The number of hydrogen-bond donors (Lipinski definition) is 3. The smallest absolute Gasteiger partial charge is 0.407 e. The van der Waals surface area contributed by atoms with E-state index in [0.29, 0.717) is 25.9 Å². The number of carbonyl (C=O) groups excluding carboxylic acids is 2. The van der Waals surface area contributed by atoms with Crippen LogP contribution in [0.3, 0.4) is 0 Å². The Morgan fingerprint density at radius 3 is 2.14 bits per heavy atom. The molecule has 2 aromatic carbocycles. The van der Waals surface area contributed by atoms with E-state index in [-0.39, 0.29) is 30.8 Å². The molecule has 0 heterocycles. The van der Waals surface area contributed by atoms with Crippen LogP contribution in [0.15, 0.2) is 48.5 Å². The topological polar surface area (TPSA) is 105 Å². The van der Waals surface area contributed by atoms with Crippen molar-refractivity contribution in [2.45, 2.75) is 52.4 Å². The van der Waals surface area contributed by atoms with Gasteiger partial charge in [0.2, 0.25) is 5.91 Å². The van der Waals surface area contributed by atoms with Crippen molar-refractivity contribution in [3.8, 4) is 11.1 Å². The van der Waals surface area contributed by atoms with Gasteiger partial charge in [0, 0.05) is 30.8 Å². The normalized spacial score (nSPS) is 13.5. The van der Waals surface area contributed by atoms with Crippen LogP contribution in [-0.4, -0.2) is 42.8 Å². The molecule has 1 atom stereocenters. The van der Waals surface area contributed by atoms with E-state index >= 15 is 0 Å². The largest absolute Gasteiger partial charge is 0.481 e. The number of aliphatic carboxylic acids is 1. The average molecular weight is 481 g/mol. The van der Waals surface area contributed by atoms with E-state index in [2.05, 4.69) is 34.9 Å².